The summed E-state index contributed by atoms with van der Waals surface area (Å²) < 4.78 is 0. The highest BCUT2D eigenvalue weighted by Crippen LogP contribution is 2.23. The van der Waals surface area contributed by atoms with E-state index in [4.69, 9.17) is 0 Å². The summed E-state index contributed by atoms with van der Waals surface area (Å²) in [5, 5.41) is 23.8. The first-order valence-corrected chi connectivity index (χ1v) is 6.72. The van der Waals surface area contributed by atoms with E-state index in [2.05, 4.69) is 20.7 Å². The molecule has 0 amide bonds. The molecule has 21 heavy (non-hydrogen) atoms. The third-order valence-electron chi connectivity index (χ3n) is 3.32. The molecular weight excluding hydrogens is 264 g/mol. The second-order valence-electron chi connectivity index (χ2n) is 4.84. The van der Waals surface area contributed by atoms with Gasteiger partial charge >= 0.3 is 0 Å². The summed E-state index contributed by atoms with van der Waals surface area (Å²) in [4.78, 5) is 0. The van der Waals surface area contributed by atoms with E-state index in [0.717, 1.165) is 28.2 Å². The maximum Gasteiger partial charge on any atom is 0.117 e. The topological polar surface area (TPSA) is 73.8 Å². The van der Waals surface area contributed by atoms with E-state index >= 15 is 0 Å². The molecule has 0 fully saturated rings. The number of hydrogen-bond acceptors (Lipinski definition) is 4. The number of phenols is 1. The summed E-state index contributed by atoms with van der Waals surface area (Å²) in [5.74, 6) is 0.268. The molecule has 0 radical (unpaired) electrons. The Hall–Kier alpha value is -2.82. The van der Waals surface area contributed by atoms with Crippen molar-refractivity contribution in [2.75, 3.05) is 5.32 Å². The third kappa shape index (κ3) is 2.86. The van der Waals surface area contributed by atoms with Gasteiger partial charge in [0.15, 0.2) is 0 Å². The Kier molecular flexibility index (Phi) is 3.55. The number of anilines is 1. The summed E-state index contributed by atoms with van der Waals surface area (Å²) >= 11 is 0. The van der Waals surface area contributed by atoms with Gasteiger partial charge < -0.3 is 10.4 Å². The molecule has 1 heterocycles. The first-order chi connectivity index (χ1) is 10.2. The average molecular weight is 280 g/mol. The molecule has 0 atom stereocenters. The summed E-state index contributed by atoms with van der Waals surface area (Å²) in [7, 11) is 0. The maximum absolute atomic E-state index is 9.43. The van der Waals surface area contributed by atoms with Crippen LogP contribution in [-0.4, -0.2) is 20.5 Å². The molecule has 0 bridgehead atoms. The second kappa shape index (κ2) is 5.66. The molecule has 0 spiro atoms. The Bertz CT molecular complexity index is 737. The van der Waals surface area contributed by atoms with Crippen LogP contribution in [0.25, 0.3) is 11.3 Å². The van der Waals surface area contributed by atoms with Crippen LogP contribution < -0.4 is 5.32 Å². The zero-order valence-electron chi connectivity index (χ0n) is 11.7. The van der Waals surface area contributed by atoms with Crippen LogP contribution >= 0.6 is 0 Å². The fourth-order valence-electron chi connectivity index (χ4n) is 2.23. The zero-order valence-corrected chi connectivity index (χ0v) is 11.7. The summed E-state index contributed by atoms with van der Waals surface area (Å²) in [5.41, 5.74) is 4.69. The van der Waals surface area contributed by atoms with Gasteiger partial charge in [0.2, 0.25) is 0 Å². The van der Waals surface area contributed by atoms with Crippen molar-refractivity contribution in [3.63, 3.8) is 0 Å². The Labute approximate surface area is 122 Å². The summed E-state index contributed by atoms with van der Waals surface area (Å²) in [6, 6.07) is 15.2. The Balaban J connectivity index is 1.79. The smallest absolute Gasteiger partial charge is 0.117 e. The van der Waals surface area contributed by atoms with E-state index in [-0.39, 0.29) is 5.75 Å². The zero-order chi connectivity index (χ0) is 14.7. The van der Waals surface area contributed by atoms with Gasteiger partial charge in [0.1, 0.15) is 17.1 Å². The van der Waals surface area contributed by atoms with Crippen molar-refractivity contribution in [2.24, 2.45) is 0 Å². The Morgan fingerprint density at radius 3 is 2.67 bits per heavy atom. The van der Waals surface area contributed by atoms with E-state index in [1.54, 1.807) is 12.1 Å². The first kappa shape index (κ1) is 13.2. The van der Waals surface area contributed by atoms with Crippen molar-refractivity contribution in [1.82, 2.24) is 15.4 Å². The highest BCUT2D eigenvalue weighted by molar-refractivity contribution is 5.62. The molecule has 3 rings (SSSR count). The number of nitrogens with zero attached hydrogens (tertiary/aromatic N) is 2. The van der Waals surface area contributed by atoms with Gasteiger partial charge in [-0.1, -0.05) is 30.3 Å². The molecule has 0 saturated heterocycles. The minimum atomic E-state index is 0.268. The van der Waals surface area contributed by atoms with Crippen molar-refractivity contribution in [2.45, 2.75) is 13.5 Å². The van der Waals surface area contributed by atoms with Gasteiger partial charge in [-0.25, -0.2) is 0 Å². The van der Waals surface area contributed by atoms with Gasteiger partial charge in [-0.15, -0.1) is 0 Å². The molecular formula is C16H16N4O. The van der Waals surface area contributed by atoms with Crippen molar-refractivity contribution in [3.8, 4) is 17.0 Å². The lowest BCUT2D eigenvalue weighted by atomic mass is 10.1. The number of H-pyrrole nitrogens is 1. The van der Waals surface area contributed by atoms with Crippen LogP contribution in [0.15, 0.2) is 48.5 Å². The van der Waals surface area contributed by atoms with Gasteiger partial charge in [0.25, 0.3) is 0 Å². The molecule has 1 aromatic heterocycles. The van der Waals surface area contributed by atoms with Crippen molar-refractivity contribution in [1.29, 1.82) is 0 Å². The minimum Gasteiger partial charge on any atom is -0.508 e. The largest absolute Gasteiger partial charge is 0.508 e. The quantitative estimate of drug-likeness (QED) is 0.642. The lowest BCUT2D eigenvalue weighted by Crippen LogP contribution is -2.02. The molecule has 0 aliphatic rings. The van der Waals surface area contributed by atoms with Gasteiger partial charge in [0, 0.05) is 11.3 Å². The standard InChI is InChI=1S/C16H16N4O/c1-11-9-13(21)7-8-14(11)17-10-15-16(19-20-18-15)12-5-3-2-4-6-12/h2-9,17,21H,10H2,1H3,(H,18,19,20). The van der Waals surface area contributed by atoms with Crippen LogP contribution in [0.4, 0.5) is 5.69 Å². The molecule has 5 nitrogen and oxygen atoms in total. The molecule has 3 aromatic rings. The maximum atomic E-state index is 9.43. The molecule has 0 aliphatic heterocycles. The monoisotopic (exact) mass is 280 g/mol. The normalized spacial score (nSPS) is 10.5. The fourth-order valence-corrected chi connectivity index (χ4v) is 2.23. The summed E-state index contributed by atoms with van der Waals surface area (Å²) in [6.45, 7) is 2.51. The molecule has 0 unspecified atom stereocenters. The number of aromatic nitrogens is 3. The average Bonchev–Trinajstić information content (AvgIpc) is 2.96. The highest BCUT2D eigenvalue weighted by Gasteiger charge is 2.10. The highest BCUT2D eigenvalue weighted by atomic mass is 16.3. The first-order valence-electron chi connectivity index (χ1n) is 6.72. The fraction of sp³-hybridized carbons (Fsp3) is 0.125. The number of aryl methyl sites for hydroxylation is 1. The van der Waals surface area contributed by atoms with Crippen LogP contribution in [0.3, 0.4) is 0 Å². The van der Waals surface area contributed by atoms with Crippen LogP contribution in [0, 0.1) is 6.92 Å². The van der Waals surface area contributed by atoms with Gasteiger partial charge in [-0.05, 0) is 30.7 Å². The van der Waals surface area contributed by atoms with E-state index in [9.17, 15) is 5.11 Å². The molecule has 5 heteroatoms. The van der Waals surface area contributed by atoms with Crippen molar-refractivity contribution in [3.05, 3.63) is 59.8 Å². The number of nitrogens with one attached hydrogen (secondary N) is 2. The van der Waals surface area contributed by atoms with Gasteiger partial charge in [-0.2, -0.15) is 15.4 Å². The van der Waals surface area contributed by atoms with Crippen molar-refractivity contribution >= 4 is 5.69 Å². The third-order valence-corrected chi connectivity index (χ3v) is 3.32. The number of hydrogen-bond donors (Lipinski definition) is 3. The predicted octanol–water partition coefficient (Wildman–Crippen LogP) is 3.10. The Morgan fingerprint density at radius 2 is 1.90 bits per heavy atom. The molecule has 0 saturated carbocycles. The van der Waals surface area contributed by atoms with Crippen LogP contribution in [0.5, 0.6) is 5.75 Å². The molecule has 2 aromatic carbocycles. The molecule has 0 aliphatic carbocycles. The van der Waals surface area contributed by atoms with E-state index < -0.39 is 0 Å². The lowest BCUT2D eigenvalue weighted by molar-refractivity contribution is 0.475. The predicted molar refractivity (Wildman–Crippen MR) is 82.0 cm³/mol. The SMILES string of the molecule is Cc1cc(O)ccc1NCc1n[nH]nc1-c1ccccc1. The van der Waals surface area contributed by atoms with Crippen LogP contribution in [0.2, 0.25) is 0 Å². The van der Waals surface area contributed by atoms with E-state index in [1.807, 2.05) is 43.3 Å². The Morgan fingerprint density at radius 1 is 1.10 bits per heavy atom. The molecule has 106 valence electrons. The lowest BCUT2D eigenvalue weighted by Gasteiger charge is -2.09. The van der Waals surface area contributed by atoms with Crippen LogP contribution in [0.1, 0.15) is 11.3 Å². The number of rotatable bonds is 4. The second-order valence-corrected chi connectivity index (χ2v) is 4.84. The minimum absolute atomic E-state index is 0.268. The van der Waals surface area contributed by atoms with E-state index in [1.165, 1.54) is 0 Å². The summed E-state index contributed by atoms with van der Waals surface area (Å²) in [6.07, 6.45) is 0. The van der Waals surface area contributed by atoms with Crippen molar-refractivity contribution < 1.29 is 5.11 Å². The van der Waals surface area contributed by atoms with E-state index in [0.29, 0.717) is 6.54 Å². The number of benzene rings is 2. The number of aromatic amines is 1. The van der Waals surface area contributed by atoms with Gasteiger partial charge in [-0.3, -0.25) is 0 Å². The van der Waals surface area contributed by atoms with Crippen LogP contribution in [-0.2, 0) is 6.54 Å². The molecule has 3 N–H and O–H groups in total. The number of phenolic OH excluding ortho intramolecular Hbond substituents is 1. The van der Waals surface area contributed by atoms with Gasteiger partial charge in [0.05, 0.1) is 6.54 Å². The number of aromatic hydroxyl groups is 1.